The van der Waals surface area contributed by atoms with Gasteiger partial charge in [-0.3, -0.25) is 4.79 Å². The van der Waals surface area contributed by atoms with Crippen molar-refractivity contribution < 1.29 is 19.4 Å². The molecular formula is C17H19N3O4. The summed E-state index contributed by atoms with van der Waals surface area (Å²) in [5, 5.41) is 9.60. The molecule has 2 aromatic rings. The van der Waals surface area contributed by atoms with Gasteiger partial charge in [0.2, 0.25) is 0 Å². The maximum absolute atomic E-state index is 12.9. The fourth-order valence-corrected chi connectivity index (χ4v) is 4.24. The number of ether oxygens (including phenoxy) is 1. The first-order valence-corrected chi connectivity index (χ1v) is 8.16. The number of nitrogens with zero attached hydrogens (tertiary/aromatic N) is 2. The topological polar surface area (TPSA) is 95.5 Å². The van der Waals surface area contributed by atoms with Gasteiger partial charge >= 0.3 is 5.97 Å². The number of carboxylic acid groups (broad SMARTS) is 1. The Bertz CT molecular complexity index is 815. The lowest BCUT2D eigenvalue weighted by Crippen LogP contribution is -2.43. The van der Waals surface area contributed by atoms with Gasteiger partial charge in [0.05, 0.1) is 12.6 Å². The second-order valence-electron chi connectivity index (χ2n) is 6.54. The second-order valence-corrected chi connectivity index (χ2v) is 6.54. The summed E-state index contributed by atoms with van der Waals surface area (Å²) < 4.78 is 5.26. The zero-order valence-corrected chi connectivity index (χ0v) is 13.4. The monoisotopic (exact) mass is 329 g/mol. The largest absolute Gasteiger partial charge is 0.494 e. The zero-order valence-electron chi connectivity index (χ0n) is 13.4. The Morgan fingerprint density at radius 1 is 1.38 bits per heavy atom. The summed E-state index contributed by atoms with van der Waals surface area (Å²) >= 11 is 0. The highest BCUT2D eigenvalue weighted by Gasteiger charge is 2.50. The van der Waals surface area contributed by atoms with Crippen molar-refractivity contribution in [1.82, 2.24) is 14.9 Å². The lowest BCUT2D eigenvalue weighted by atomic mass is 9.94. The average molecular weight is 329 g/mol. The number of carbonyl (C=O) groups is 2. The fourth-order valence-electron chi connectivity index (χ4n) is 4.24. The number of amides is 1. The molecule has 0 bridgehead atoms. The molecule has 24 heavy (non-hydrogen) atoms. The summed E-state index contributed by atoms with van der Waals surface area (Å²) in [6, 6.07) is 4.65. The van der Waals surface area contributed by atoms with Crippen molar-refractivity contribution in [3.8, 4) is 5.75 Å². The molecule has 7 nitrogen and oxygen atoms in total. The number of para-hydroxylation sites is 1. The van der Waals surface area contributed by atoms with E-state index in [1.165, 1.54) is 4.90 Å². The van der Waals surface area contributed by atoms with Crippen LogP contribution in [0.2, 0.25) is 0 Å². The molecule has 1 saturated heterocycles. The van der Waals surface area contributed by atoms with Gasteiger partial charge in [-0.2, -0.15) is 0 Å². The van der Waals surface area contributed by atoms with E-state index in [1.807, 2.05) is 12.1 Å². The van der Waals surface area contributed by atoms with Crippen LogP contribution in [0.25, 0.3) is 11.0 Å². The number of hydrogen-bond donors (Lipinski definition) is 2. The van der Waals surface area contributed by atoms with Gasteiger partial charge in [-0.15, -0.1) is 0 Å². The molecule has 1 aliphatic carbocycles. The molecule has 126 valence electrons. The van der Waals surface area contributed by atoms with Crippen LogP contribution in [0, 0.1) is 11.8 Å². The Kier molecular flexibility index (Phi) is 3.44. The molecule has 0 spiro atoms. The Morgan fingerprint density at radius 2 is 2.21 bits per heavy atom. The predicted octanol–water partition coefficient (Wildman–Crippen LogP) is 1.90. The minimum Gasteiger partial charge on any atom is -0.494 e. The van der Waals surface area contributed by atoms with Crippen molar-refractivity contribution in [3.63, 3.8) is 0 Å². The molecule has 1 aromatic carbocycles. The number of nitrogens with one attached hydrogen (secondary N) is 1. The standard InChI is InChI=1S/C17H19N3O4/c1-24-12-7-3-6-11-13(12)19-15(18-11)16(21)20-8-9-4-2-5-10(9)14(20)17(22)23/h3,6-7,9-10,14H,2,4-5,8H2,1H3,(H,18,19)(H,22,23). The van der Waals surface area contributed by atoms with Gasteiger partial charge in [0.25, 0.3) is 5.91 Å². The van der Waals surface area contributed by atoms with Gasteiger partial charge in [-0.25, -0.2) is 9.78 Å². The quantitative estimate of drug-likeness (QED) is 0.896. The van der Waals surface area contributed by atoms with Crippen LogP contribution in [-0.4, -0.2) is 51.5 Å². The van der Waals surface area contributed by atoms with Crippen LogP contribution in [0.4, 0.5) is 0 Å². The molecule has 4 rings (SSSR count). The minimum atomic E-state index is -0.925. The molecule has 3 unspecified atom stereocenters. The first-order chi connectivity index (χ1) is 11.6. The number of benzene rings is 1. The Morgan fingerprint density at radius 3 is 2.96 bits per heavy atom. The van der Waals surface area contributed by atoms with Crippen molar-refractivity contribution in [2.75, 3.05) is 13.7 Å². The van der Waals surface area contributed by atoms with E-state index in [0.29, 0.717) is 23.3 Å². The summed E-state index contributed by atoms with van der Waals surface area (Å²) in [4.78, 5) is 33.4. The maximum Gasteiger partial charge on any atom is 0.326 e. The predicted molar refractivity (Wildman–Crippen MR) is 85.9 cm³/mol. The summed E-state index contributed by atoms with van der Waals surface area (Å²) in [6.07, 6.45) is 2.91. The molecule has 7 heteroatoms. The smallest absolute Gasteiger partial charge is 0.326 e. The number of likely N-dealkylation sites (tertiary alicyclic amines) is 1. The van der Waals surface area contributed by atoms with Crippen LogP contribution in [-0.2, 0) is 4.79 Å². The average Bonchev–Trinajstić information content (AvgIpc) is 3.25. The Labute approximate surface area is 138 Å². The highest BCUT2D eigenvalue weighted by atomic mass is 16.5. The fraction of sp³-hybridized carbons (Fsp3) is 0.471. The minimum absolute atomic E-state index is 0.0605. The number of imidazole rings is 1. The highest BCUT2D eigenvalue weighted by molar-refractivity contribution is 5.97. The van der Waals surface area contributed by atoms with Crippen molar-refractivity contribution in [1.29, 1.82) is 0 Å². The number of carboxylic acids is 1. The van der Waals surface area contributed by atoms with E-state index in [2.05, 4.69) is 9.97 Å². The van der Waals surface area contributed by atoms with Crippen LogP contribution < -0.4 is 4.74 Å². The molecule has 0 radical (unpaired) electrons. The van der Waals surface area contributed by atoms with E-state index >= 15 is 0 Å². The van der Waals surface area contributed by atoms with Gasteiger partial charge in [0.15, 0.2) is 5.82 Å². The molecule has 1 amide bonds. The SMILES string of the molecule is COc1cccc2[nH]c(C(=O)N3CC4CCCC4C3C(=O)O)nc12. The van der Waals surface area contributed by atoms with Crippen molar-refractivity contribution >= 4 is 22.9 Å². The van der Waals surface area contributed by atoms with Crippen molar-refractivity contribution in [2.24, 2.45) is 11.8 Å². The number of carbonyl (C=O) groups excluding carboxylic acids is 1. The number of H-pyrrole nitrogens is 1. The third kappa shape index (κ3) is 2.15. The molecule has 3 atom stereocenters. The number of aromatic amines is 1. The van der Waals surface area contributed by atoms with Gasteiger partial charge < -0.3 is 19.7 Å². The lowest BCUT2D eigenvalue weighted by molar-refractivity contribution is -0.142. The molecule has 1 aliphatic heterocycles. The van der Waals surface area contributed by atoms with E-state index in [0.717, 1.165) is 19.3 Å². The molecule has 2 fully saturated rings. The molecular weight excluding hydrogens is 310 g/mol. The summed E-state index contributed by atoms with van der Waals surface area (Å²) in [7, 11) is 1.55. The number of aromatic nitrogens is 2. The van der Waals surface area contributed by atoms with Gasteiger partial charge in [-0.05, 0) is 36.8 Å². The van der Waals surface area contributed by atoms with Gasteiger partial charge in [0, 0.05) is 6.54 Å². The number of fused-ring (bicyclic) bond motifs is 2. The zero-order chi connectivity index (χ0) is 16.8. The van der Waals surface area contributed by atoms with Crippen LogP contribution >= 0.6 is 0 Å². The molecule has 2 N–H and O–H groups in total. The van der Waals surface area contributed by atoms with E-state index < -0.39 is 12.0 Å². The van der Waals surface area contributed by atoms with Crippen molar-refractivity contribution in [2.45, 2.75) is 25.3 Å². The number of hydrogen-bond acceptors (Lipinski definition) is 4. The van der Waals surface area contributed by atoms with Crippen LogP contribution in [0.3, 0.4) is 0 Å². The van der Waals surface area contributed by atoms with E-state index in [9.17, 15) is 14.7 Å². The van der Waals surface area contributed by atoms with Crippen LogP contribution in [0.15, 0.2) is 18.2 Å². The summed E-state index contributed by atoms with van der Waals surface area (Å²) in [6.45, 7) is 0.495. The normalized spacial score (nSPS) is 25.9. The lowest BCUT2D eigenvalue weighted by Gasteiger charge is -2.23. The van der Waals surface area contributed by atoms with Gasteiger partial charge in [0.1, 0.15) is 17.3 Å². The summed E-state index contributed by atoms with van der Waals surface area (Å²) in [5.41, 5.74) is 1.28. The van der Waals surface area contributed by atoms with Crippen LogP contribution in [0.1, 0.15) is 29.9 Å². The Balaban J connectivity index is 1.69. The first-order valence-electron chi connectivity index (χ1n) is 8.16. The third-order valence-corrected chi connectivity index (χ3v) is 5.30. The third-order valence-electron chi connectivity index (χ3n) is 5.30. The summed E-state index contributed by atoms with van der Waals surface area (Å²) in [5.74, 6) is -0.183. The maximum atomic E-state index is 12.9. The van der Waals surface area contributed by atoms with E-state index in [-0.39, 0.29) is 23.6 Å². The van der Waals surface area contributed by atoms with E-state index in [1.54, 1.807) is 13.2 Å². The Hall–Kier alpha value is -2.57. The van der Waals surface area contributed by atoms with Crippen LogP contribution in [0.5, 0.6) is 5.75 Å². The highest BCUT2D eigenvalue weighted by Crippen LogP contribution is 2.42. The van der Waals surface area contributed by atoms with Crippen molar-refractivity contribution in [3.05, 3.63) is 24.0 Å². The molecule has 1 saturated carbocycles. The molecule has 1 aromatic heterocycles. The molecule has 2 heterocycles. The number of methoxy groups -OCH3 is 1. The van der Waals surface area contributed by atoms with Gasteiger partial charge in [-0.1, -0.05) is 12.5 Å². The van der Waals surface area contributed by atoms with E-state index in [4.69, 9.17) is 4.74 Å². The molecule has 2 aliphatic rings. The second kappa shape index (κ2) is 5.51. The number of aliphatic carboxylic acids is 1. The first kappa shape index (κ1) is 15.0. The number of rotatable bonds is 3.